The van der Waals surface area contributed by atoms with Gasteiger partial charge in [-0.05, 0) is 18.6 Å². The van der Waals surface area contributed by atoms with Gasteiger partial charge in [0.25, 0.3) is 10.1 Å². The number of nitrogens with one attached hydrogen (secondary N) is 1. The van der Waals surface area contributed by atoms with Gasteiger partial charge in [-0.15, -0.1) is 0 Å². The van der Waals surface area contributed by atoms with Crippen molar-refractivity contribution in [3.63, 3.8) is 0 Å². The maximum absolute atomic E-state index is 11.6. The molecule has 0 aliphatic rings. The van der Waals surface area contributed by atoms with Crippen LogP contribution in [0.1, 0.15) is 12.8 Å². The van der Waals surface area contributed by atoms with Crippen molar-refractivity contribution in [3.05, 3.63) is 17.2 Å². The van der Waals surface area contributed by atoms with E-state index in [1.54, 1.807) is 0 Å². The summed E-state index contributed by atoms with van der Waals surface area (Å²) in [5.74, 6) is -2.87. The van der Waals surface area contributed by atoms with E-state index in [0.29, 0.717) is 0 Å². The quantitative estimate of drug-likeness (QED) is 0.362. The SMILES string of the molecule is N[C@@H](CCC(=O)Nc1cc(Cl)cc(S(=O)(=O)O)c1O)C(=O)O. The maximum atomic E-state index is 11.6. The fraction of sp³-hybridized carbons (Fsp3) is 0.273. The molecular formula is C11H13ClN2O7S. The molecule has 0 aromatic heterocycles. The first-order chi connectivity index (χ1) is 10.0. The molecule has 0 spiro atoms. The van der Waals surface area contributed by atoms with Crippen LogP contribution in [0.15, 0.2) is 17.0 Å². The van der Waals surface area contributed by atoms with Gasteiger partial charge in [-0.3, -0.25) is 14.1 Å². The van der Waals surface area contributed by atoms with Crippen molar-refractivity contribution < 1.29 is 32.8 Å². The second-order valence-corrected chi connectivity index (χ2v) is 6.13. The number of halogens is 1. The third-order valence-electron chi connectivity index (χ3n) is 2.59. The number of amides is 1. The van der Waals surface area contributed by atoms with Crippen molar-refractivity contribution in [3.8, 4) is 5.75 Å². The number of phenols is 1. The van der Waals surface area contributed by atoms with Crippen molar-refractivity contribution in [2.75, 3.05) is 5.32 Å². The van der Waals surface area contributed by atoms with Gasteiger partial charge in [-0.25, -0.2) is 0 Å². The number of nitrogens with two attached hydrogens (primary N) is 1. The van der Waals surface area contributed by atoms with Gasteiger partial charge in [0, 0.05) is 11.4 Å². The second-order valence-electron chi connectivity index (χ2n) is 4.31. The monoisotopic (exact) mass is 352 g/mol. The number of carbonyl (C=O) groups excluding carboxylic acids is 1. The minimum atomic E-state index is -4.73. The summed E-state index contributed by atoms with van der Waals surface area (Å²) in [5, 5.41) is 20.3. The minimum Gasteiger partial charge on any atom is -0.504 e. The maximum Gasteiger partial charge on any atom is 0.320 e. The standard InChI is InChI=1S/C11H13ClN2O7S/c12-5-3-7(10(16)8(4-5)22(19,20)21)14-9(15)2-1-6(13)11(17)18/h3-4,6,16H,1-2,13H2,(H,14,15)(H,17,18)(H,19,20,21)/t6-/m0/s1. The van der Waals surface area contributed by atoms with Crippen LogP contribution < -0.4 is 11.1 Å². The highest BCUT2D eigenvalue weighted by Crippen LogP contribution is 2.34. The van der Waals surface area contributed by atoms with Gasteiger partial charge in [0.2, 0.25) is 5.91 Å². The van der Waals surface area contributed by atoms with Gasteiger partial charge in [0.05, 0.1) is 5.69 Å². The topological polar surface area (TPSA) is 167 Å². The van der Waals surface area contributed by atoms with Crippen LogP contribution in [0.4, 0.5) is 5.69 Å². The van der Waals surface area contributed by atoms with Crippen molar-refractivity contribution in [1.29, 1.82) is 0 Å². The summed E-state index contributed by atoms with van der Waals surface area (Å²) >= 11 is 5.64. The zero-order valence-corrected chi connectivity index (χ0v) is 12.6. The molecule has 1 atom stereocenters. The molecule has 11 heteroatoms. The minimum absolute atomic E-state index is 0.150. The van der Waals surface area contributed by atoms with Gasteiger partial charge in [-0.1, -0.05) is 11.6 Å². The van der Waals surface area contributed by atoms with Crippen LogP contribution in [0, 0.1) is 0 Å². The van der Waals surface area contributed by atoms with E-state index in [-0.39, 0.29) is 23.6 Å². The zero-order valence-electron chi connectivity index (χ0n) is 11.0. The lowest BCUT2D eigenvalue weighted by Gasteiger charge is -2.11. The summed E-state index contributed by atoms with van der Waals surface area (Å²) < 4.78 is 31.1. The van der Waals surface area contributed by atoms with Crippen molar-refractivity contribution in [2.24, 2.45) is 5.73 Å². The normalized spacial score (nSPS) is 12.7. The van der Waals surface area contributed by atoms with Crippen molar-refractivity contribution >= 4 is 39.3 Å². The first kappa shape index (κ1) is 18.2. The van der Waals surface area contributed by atoms with Crippen molar-refractivity contribution in [1.82, 2.24) is 0 Å². The molecule has 122 valence electrons. The average Bonchev–Trinajstić information content (AvgIpc) is 2.38. The predicted octanol–water partition coefficient (Wildman–Crippen LogP) is 0.423. The summed E-state index contributed by atoms with van der Waals surface area (Å²) in [5.41, 5.74) is 4.89. The summed E-state index contributed by atoms with van der Waals surface area (Å²) in [6, 6.07) is 0.648. The van der Waals surface area contributed by atoms with Gasteiger partial charge in [0.15, 0.2) is 5.75 Å². The molecule has 0 unspecified atom stereocenters. The van der Waals surface area contributed by atoms with Gasteiger partial charge < -0.3 is 21.3 Å². The smallest absolute Gasteiger partial charge is 0.320 e. The van der Waals surface area contributed by atoms with Crippen LogP contribution in [-0.4, -0.2) is 41.1 Å². The zero-order chi connectivity index (χ0) is 17.1. The Labute approximate surface area is 130 Å². The van der Waals surface area contributed by atoms with E-state index in [9.17, 15) is 23.1 Å². The number of phenolic OH excluding ortho intramolecular Hbond substituents is 1. The highest BCUT2D eigenvalue weighted by molar-refractivity contribution is 7.86. The van der Waals surface area contributed by atoms with Gasteiger partial charge in [-0.2, -0.15) is 8.42 Å². The van der Waals surface area contributed by atoms with E-state index in [2.05, 4.69) is 5.32 Å². The molecule has 0 bridgehead atoms. The molecule has 0 radical (unpaired) electrons. The van der Waals surface area contributed by atoms with Crippen molar-refractivity contribution in [2.45, 2.75) is 23.8 Å². The fourth-order valence-corrected chi connectivity index (χ4v) is 2.40. The van der Waals surface area contributed by atoms with E-state index in [1.165, 1.54) is 0 Å². The number of benzene rings is 1. The third-order valence-corrected chi connectivity index (χ3v) is 3.68. The van der Waals surface area contributed by atoms with E-state index in [0.717, 1.165) is 12.1 Å². The van der Waals surface area contributed by atoms with Gasteiger partial charge >= 0.3 is 5.97 Å². The predicted molar refractivity (Wildman–Crippen MR) is 76.4 cm³/mol. The van der Waals surface area contributed by atoms with Crippen LogP contribution in [0.3, 0.4) is 0 Å². The van der Waals surface area contributed by atoms with Crippen LogP contribution in [0.2, 0.25) is 5.02 Å². The molecule has 1 amide bonds. The third kappa shape index (κ3) is 4.84. The Kier molecular flexibility index (Phi) is 5.72. The first-order valence-corrected chi connectivity index (χ1v) is 7.62. The molecule has 1 rings (SSSR count). The molecule has 9 nitrogen and oxygen atoms in total. The highest BCUT2D eigenvalue weighted by Gasteiger charge is 2.21. The number of carboxylic acid groups (broad SMARTS) is 1. The first-order valence-electron chi connectivity index (χ1n) is 5.80. The number of carboxylic acids is 1. The fourth-order valence-electron chi connectivity index (χ4n) is 1.49. The lowest BCUT2D eigenvalue weighted by atomic mass is 10.1. The Bertz CT molecular complexity index is 705. The number of aliphatic carboxylic acids is 1. The summed E-state index contributed by atoms with van der Waals surface area (Å²) in [7, 11) is -4.73. The molecule has 1 aromatic rings. The molecule has 0 saturated heterocycles. The summed E-state index contributed by atoms with van der Waals surface area (Å²) in [6.45, 7) is 0. The number of rotatable bonds is 6. The van der Waals surface area contributed by atoms with E-state index in [1.807, 2.05) is 0 Å². The van der Waals surface area contributed by atoms with E-state index < -0.39 is 38.7 Å². The Balaban J connectivity index is 2.93. The van der Waals surface area contributed by atoms with Crippen LogP contribution in [0.25, 0.3) is 0 Å². The number of carbonyl (C=O) groups is 2. The Morgan fingerprint density at radius 3 is 2.45 bits per heavy atom. The Hall–Kier alpha value is -1.88. The molecule has 0 heterocycles. The molecule has 6 N–H and O–H groups in total. The lowest BCUT2D eigenvalue weighted by molar-refractivity contribution is -0.138. The molecule has 0 aliphatic heterocycles. The van der Waals surface area contributed by atoms with Crippen LogP contribution >= 0.6 is 11.6 Å². The second kappa shape index (κ2) is 6.92. The molecule has 1 aromatic carbocycles. The number of anilines is 1. The molecule has 0 saturated carbocycles. The average molecular weight is 353 g/mol. The number of aromatic hydroxyl groups is 1. The number of hydrogen-bond donors (Lipinski definition) is 5. The molecular weight excluding hydrogens is 340 g/mol. The lowest BCUT2D eigenvalue weighted by Crippen LogP contribution is -2.31. The Morgan fingerprint density at radius 2 is 1.95 bits per heavy atom. The molecule has 0 fully saturated rings. The van der Waals surface area contributed by atoms with Crippen LogP contribution in [-0.2, 0) is 19.7 Å². The Morgan fingerprint density at radius 1 is 1.36 bits per heavy atom. The molecule has 0 aliphatic carbocycles. The van der Waals surface area contributed by atoms with Crippen LogP contribution in [0.5, 0.6) is 5.75 Å². The number of hydrogen-bond acceptors (Lipinski definition) is 6. The van der Waals surface area contributed by atoms with E-state index in [4.69, 9.17) is 27.0 Å². The molecule has 22 heavy (non-hydrogen) atoms. The van der Waals surface area contributed by atoms with Gasteiger partial charge in [0.1, 0.15) is 10.9 Å². The summed E-state index contributed by atoms with van der Waals surface area (Å²) in [4.78, 5) is 21.3. The largest absolute Gasteiger partial charge is 0.504 e. The summed E-state index contributed by atoms with van der Waals surface area (Å²) in [6.07, 6.45) is -0.436. The highest BCUT2D eigenvalue weighted by atomic mass is 35.5. The van der Waals surface area contributed by atoms with E-state index >= 15 is 0 Å².